The van der Waals surface area contributed by atoms with Crippen LogP contribution in [0.25, 0.3) is 0 Å². The Hall–Kier alpha value is -1.61. The molecule has 0 bridgehead atoms. The topological polar surface area (TPSA) is 46.3 Å². The lowest BCUT2D eigenvalue weighted by molar-refractivity contribution is -0.131. The molecule has 44 heavy (non-hydrogen) atoms. The molecule has 0 saturated carbocycles. The summed E-state index contributed by atoms with van der Waals surface area (Å²) in [4.78, 5) is 15.0. The fraction of sp³-hybridized carbons (Fsp3) is 0.780. The first-order valence-electron chi connectivity index (χ1n) is 19.3. The van der Waals surface area contributed by atoms with Gasteiger partial charge in [0.25, 0.3) is 0 Å². The van der Waals surface area contributed by atoms with Crippen molar-refractivity contribution < 1.29 is 4.79 Å². The predicted molar refractivity (Wildman–Crippen MR) is 198 cm³/mol. The number of rotatable bonds is 34. The van der Waals surface area contributed by atoms with E-state index < -0.39 is 0 Å². The zero-order chi connectivity index (χ0) is 32.0. The third-order valence-electron chi connectivity index (χ3n) is 8.45. The molecule has 0 aromatic heterocycles. The van der Waals surface area contributed by atoms with Crippen molar-refractivity contribution in [1.29, 1.82) is 0 Å². The Balaban J connectivity index is 3.90. The van der Waals surface area contributed by atoms with E-state index in [0.29, 0.717) is 18.9 Å². The first-order valence-corrected chi connectivity index (χ1v) is 19.3. The Morgan fingerprint density at radius 3 is 1.20 bits per heavy atom. The van der Waals surface area contributed by atoms with Gasteiger partial charge in [-0.1, -0.05) is 140 Å². The summed E-state index contributed by atoms with van der Waals surface area (Å²) in [5.74, 6) is 0.351. The van der Waals surface area contributed by atoms with Crippen molar-refractivity contribution >= 4 is 5.91 Å². The Morgan fingerprint density at radius 1 is 0.455 bits per heavy atom. The summed E-state index contributed by atoms with van der Waals surface area (Å²) in [6.07, 6.45) is 51.5. The minimum atomic E-state index is 0.351. The van der Waals surface area contributed by atoms with Crippen molar-refractivity contribution in [1.82, 2.24) is 4.90 Å². The van der Waals surface area contributed by atoms with Gasteiger partial charge in [-0.05, 0) is 96.4 Å². The minimum Gasteiger partial charge on any atom is -0.343 e. The van der Waals surface area contributed by atoms with Crippen LogP contribution in [0.2, 0.25) is 0 Å². The maximum atomic E-state index is 12.9. The number of nitrogens with zero attached hydrogens (tertiary/aromatic N) is 1. The zero-order valence-electron chi connectivity index (χ0n) is 29.8. The van der Waals surface area contributed by atoms with Gasteiger partial charge in [0.15, 0.2) is 0 Å². The molecule has 0 radical (unpaired) electrons. The van der Waals surface area contributed by atoms with Gasteiger partial charge in [-0.3, -0.25) is 4.79 Å². The maximum Gasteiger partial charge on any atom is 0.222 e. The van der Waals surface area contributed by atoms with Gasteiger partial charge in [0.05, 0.1) is 0 Å². The second kappa shape index (κ2) is 37.6. The highest BCUT2D eigenvalue weighted by Gasteiger charge is 2.12. The summed E-state index contributed by atoms with van der Waals surface area (Å²) in [6.45, 7) is 7.09. The average Bonchev–Trinajstić information content (AvgIpc) is 3.03. The van der Waals surface area contributed by atoms with E-state index in [1.807, 2.05) is 0 Å². The molecule has 0 aliphatic carbocycles. The highest BCUT2D eigenvalue weighted by atomic mass is 16.2. The fourth-order valence-electron chi connectivity index (χ4n) is 5.52. The van der Waals surface area contributed by atoms with Crippen LogP contribution < -0.4 is 5.73 Å². The quantitative estimate of drug-likeness (QED) is 0.0580. The van der Waals surface area contributed by atoms with Crippen LogP contribution in [0, 0.1) is 0 Å². The van der Waals surface area contributed by atoms with E-state index in [2.05, 4.69) is 67.4 Å². The molecule has 1 amide bonds. The molecule has 0 atom stereocenters. The van der Waals surface area contributed by atoms with Crippen molar-refractivity contribution in [3.05, 3.63) is 48.6 Å². The van der Waals surface area contributed by atoms with Crippen molar-refractivity contribution in [2.24, 2.45) is 5.73 Å². The third kappa shape index (κ3) is 33.3. The van der Waals surface area contributed by atoms with Crippen molar-refractivity contribution in [3.63, 3.8) is 0 Å². The zero-order valence-corrected chi connectivity index (χ0v) is 29.8. The molecule has 0 saturated heterocycles. The van der Waals surface area contributed by atoms with Gasteiger partial charge >= 0.3 is 0 Å². The molecule has 3 heteroatoms. The Kier molecular flexibility index (Phi) is 36.2. The van der Waals surface area contributed by atoms with E-state index in [0.717, 1.165) is 51.6 Å². The minimum absolute atomic E-state index is 0.351. The lowest BCUT2D eigenvalue weighted by Gasteiger charge is -2.23. The monoisotopic (exact) mass is 613 g/mol. The van der Waals surface area contributed by atoms with Crippen LogP contribution in [0.5, 0.6) is 0 Å². The maximum absolute atomic E-state index is 12.9. The summed E-state index contributed by atoms with van der Waals surface area (Å²) in [5, 5.41) is 0. The standard InChI is InChI=1S/C41H76N2O/c1-3-5-7-9-11-13-15-17-19-21-23-25-27-29-31-35-39-43(41(44)37-33-34-38-42)40-36-32-30-28-26-24-22-20-18-16-14-12-10-8-6-4-2/h11-14,17-20H,3-10,15-16,21-40,42H2,1-2H3. The van der Waals surface area contributed by atoms with Crippen LogP contribution in [0.3, 0.4) is 0 Å². The molecule has 256 valence electrons. The van der Waals surface area contributed by atoms with Crippen LogP contribution >= 0.6 is 0 Å². The molecule has 0 aliphatic rings. The highest BCUT2D eigenvalue weighted by molar-refractivity contribution is 5.76. The summed E-state index contributed by atoms with van der Waals surface area (Å²) in [7, 11) is 0. The molecule has 2 N–H and O–H groups in total. The Labute approximate surface area is 276 Å². The molecule has 0 rings (SSSR count). The Morgan fingerprint density at radius 2 is 0.818 bits per heavy atom. The smallest absolute Gasteiger partial charge is 0.222 e. The number of carbonyl (C=O) groups excluding carboxylic acids is 1. The van der Waals surface area contributed by atoms with Crippen LogP contribution in [-0.4, -0.2) is 30.4 Å². The molecule has 0 aromatic rings. The average molecular weight is 613 g/mol. The van der Waals surface area contributed by atoms with Gasteiger partial charge in [-0.25, -0.2) is 0 Å². The lowest BCUT2D eigenvalue weighted by Crippen LogP contribution is -2.33. The van der Waals surface area contributed by atoms with Crippen LogP contribution in [0.15, 0.2) is 48.6 Å². The number of hydrogen-bond acceptors (Lipinski definition) is 2. The predicted octanol–water partition coefficient (Wildman–Crippen LogP) is 12.6. The molecular formula is C41H76N2O. The molecule has 0 heterocycles. The lowest BCUT2D eigenvalue weighted by atomic mass is 10.1. The van der Waals surface area contributed by atoms with E-state index in [9.17, 15) is 4.79 Å². The van der Waals surface area contributed by atoms with E-state index in [4.69, 9.17) is 5.73 Å². The molecule has 0 spiro atoms. The van der Waals surface area contributed by atoms with E-state index in [1.54, 1.807) is 0 Å². The van der Waals surface area contributed by atoms with Crippen molar-refractivity contribution in [3.8, 4) is 0 Å². The summed E-state index contributed by atoms with van der Waals surface area (Å²) in [5.41, 5.74) is 5.66. The van der Waals surface area contributed by atoms with E-state index >= 15 is 0 Å². The highest BCUT2D eigenvalue weighted by Crippen LogP contribution is 2.13. The molecule has 3 nitrogen and oxygen atoms in total. The van der Waals surface area contributed by atoms with E-state index in [1.165, 1.54) is 128 Å². The molecule has 0 aliphatic heterocycles. The second-order valence-corrected chi connectivity index (χ2v) is 12.8. The fourth-order valence-corrected chi connectivity index (χ4v) is 5.52. The Bertz CT molecular complexity index is 645. The first-order chi connectivity index (χ1) is 21.8. The van der Waals surface area contributed by atoms with Gasteiger partial charge in [-0.2, -0.15) is 0 Å². The van der Waals surface area contributed by atoms with Gasteiger partial charge in [0, 0.05) is 19.5 Å². The molecule has 0 aromatic carbocycles. The summed E-state index contributed by atoms with van der Waals surface area (Å²) in [6, 6.07) is 0. The number of nitrogens with two attached hydrogens (primary N) is 1. The second-order valence-electron chi connectivity index (χ2n) is 12.8. The van der Waals surface area contributed by atoms with Crippen LogP contribution in [-0.2, 0) is 4.79 Å². The molecule has 0 unspecified atom stereocenters. The number of hydrogen-bond donors (Lipinski definition) is 1. The van der Waals surface area contributed by atoms with Gasteiger partial charge in [0.1, 0.15) is 0 Å². The van der Waals surface area contributed by atoms with Crippen molar-refractivity contribution in [2.45, 2.75) is 187 Å². The van der Waals surface area contributed by atoms with Crippen LogP contribution in [0.1, 0.15) is 187 Å². The normalized spacial score (nSPS) is 12.2. The van der Waals surface area contributed by atoms with Gasteiger partial charge in [-0.15, -0.1) is 0 Å². The largest absolute Gasteiger partial charge is 0.343 e. The number of carbonyl (C=O) groups is 1. The number of amides is 1. The van der Waals surface area contributed by atoms with Gasteiger partial charge in [0.2, 0.25) is 5.91 Å². The number of allylic oxidation sites excluding steroid dienone is 8. The third-order valence-corrected chi connectivity index (χ3v) is 8.45. The summed E-state index contributed by atoms with van der Waals surface area (Å²) < 4.78 is 0. The molecule has 0 fully saturated rings. The number of unbranched alkanes of at least 4 members (excludes halogenated alkanes) is 19. The SMILES string of the molecule is CCCCCC=CCC=CCCCCCCCCN(CCCCCCCCC=CCC=CCCCCC)C(=O)CCCCN. The van der Waals surface area contributed by atoms with Crippen LogP contribution in [0.4, 0.5) is 0 Å². The summed E-state index contributed by atoms with van der Waals surface area (Å²) >= 11 is 0. The van der Waals surface area contributed by atoms with Gasteiger partial charge < -0.3 is 10.6 Å². The molecular weight excluding hydrogens is 536 g/mol. The first kappa shape index (κ1) is 42.4. The van der Waals surface area contributed by atoms with E-state index in [-0.39, 0.29) is 0 Å². The van der Waals surface area contributed by atoms with Crippen molar-refractivity contribution in [2.75, 3.05) is 19.6 Å².